The van der Waals surface area contributed by atoms with Crippen LogP contribution >= 0.6 is 0 Å². The molecule has 2 aliphatic heterocycles. The molecule has 0 aliphatic carbocycles. The molecule has 2 N–H and O–H groups in total. The molecule has 8 heteroatoms. The predicted octanol–water partition coefficient (Wildman–Crippen LogP) is 1.59. The Labute approximate surface area is 140 Å². The second-order valence-electron chi connectivity index (χ2n) is 6.70. The molecule has 0 saturated carbocycles. The minimum Gasteiger partial charge on any atom is -0.497 e. The van der Waals surface area contributed by atoms with E-state index < -0.39 is 31.2 Å². The number of sulfone groups is 1. The Morgan fingerprint density at radius 2 is 2.12 bits per heavy atom. The molecule has 1 aromatic rings. The summed E-state index contributed by atoms with van der Waals surface area (Å²) in [7, 11) is -2.27. The highest BCUT2D eigenvalue weighted by Gasteiger charge is 2.61. The van der Waals surface area contributed by atoms with Crippen molar-refractivity contribution in [3.05, 3.63) is 29.6 Å². The molecule has 0 spiro atoms. The van der Waals surface area contributed by atoms with Crippen molar-refractivity contribution >= 4 is 15.7 Å². The summed E-state index contributed by atoms with van der Waals surface area (Å²) in [6.45, 7) is 3.25. The molecule has 0 unspecified atom stereocenters. The first-order chi connectivity index (χ1) is 11.2. The molecule has 0 aromatic heterocycles. The second kappa shape index (κ2) is 5.42. The van der Waals surface area contributed by atoms with Gasteiger partial charge in [0.15, 0.2) is 9.84 Å². The van der Waals surface area contributed by atoms with Gasteiger partial charge in [-0.25, -0.2) is 12.8 Å². The quantitative estimate of drug-likeness (QED) is 0.840. The predicted molar refractivity (Wildman–Crippen MR) is 87.7 cm³/mol. The molecule has 0 bridgehead atoms. The third-order valence-corrected chi connectivity index (χ3v) is 8.11. The summed E-state index contributed by atoms with van der Waals surface area (Å²) in [5, 5.41) is 10.3. The van der Waals surface area contributed by atoms with Crippen molar-refractivity contribution in [3.8, 4) is 5.75 Å². The van der Waals surface area contributed by atoms with Gasteiger partial charge in [-0.2, -0.15) is 0 Å². The number of halogens is 1. The van der Waals surface area contributed by atoms with E-state index in [2.05, 4.69) is 5.32 Å². The molecule has 6 nitrogen and oxygen atoms in total. The Hall–Kier alpha value is -1.67. The number of rotatable bonds is 2. The third kappa shape index (κ3) is 2.16. The number of ether oxygens (including phenoxy) is 2. The average Bonchev–Trinajstić information content (AvgIpc) is 2.54. The van der Waals surface area contributed by atoms with Crippen LogP contribution in [0.2, 0.25) is 0 Å². The van der Waals surface area contributed by atoms with Crippen molar-refractivity contribution in [2.75, 3.05) is 20.3 Å². The van der Waals surface area contributed by atoms with Crippen LogP contribution in [-0.4, -0.2) is 44.6 Å². The standard InChI is InChI=1S/C16H21FN2O4S/c1-15(2)14(18)19-16(9-23-7-6-13(16)24(15,20)21)11-8-10(22-3)4-5-12(11)17/h4-5,8,13H,6-7,9H2,1-3H3,(H2,18,19)/t13-,16-/m1/s1. The van der Waals surface area contributed by atoms with Gasteiger partial charge in [0.05, 0.1) is 19.0 Å². The molecule has 0 amide bonds. The number of nitrogens with one attached hydrogen (secondary N) is 2. The zero-order chi connectivity index (χ0) is 17.8. The minimum absolute atomic E-state index is 0.0283. The molecule has 1 aromatic carbocycles. The highest BCUT2D eigenvalue weighted by atomic mass is 32.2. The van der Waals surface area contributed by atoms with Gasteiger partial charge < -0.3 is 14.8 Å². The van der Waals surface area contributed by atoms with Gasteiger partial charge in [0.2, 0.25) is 0 Å². The number of amidine groups is 1. The highest BCUT2D eigenvalue weighted by molar-refractivity contribution is 7.94. The molecule has 0 radical (unpaired) electrons. The molecule has 2 heterocycles. The van der Waals surface area contributed by atoms with Crippen molar-refractivity contribution in [1.29, 1.82) is 5.41 Å². The van der Waals surface area contributed by atoms with Gasteiger partial charge in [-0.3, -0.25) is 5.41 Å². The molecular weight excluding hydrogens is 335 g/mol. The van der Waals surface area contributed by atoms with Crippen LogP contribution in [0.3, 0.4) is 0 Å². The SMILES string of the molecule is COc1ccc(F)c([C@]23COCC[C@H]2S(=O)(=O)C(C)(C)C(=N)N3)c1. The average molecular weight is 356 g/mol. The van der Waals surface area contributed by atoms with Crippen LogP contribution < -0.4 is 10.1 Å². The highest BCUT2D eigenvalue weighted by Crippen LogP contribution is 2.44. The van der Waals surface area contributed by atoms with Crippen molar-refractivity contribution < 1.29 is 22.3 Å². The van der Waals surface area contributed by atoms with Gasteiger partial charge in [0.25, 0.3) is 0 Å². The zero-order valence-electron chi connectivity index (χ0n) is 13.8. The van der Waals surface area contributed by atoms with Crippen LogP contribution in [0.25, 0.3) is 0 Å². The van der Waals surface area contributed by atoms with E-state index in [9.17, 15) is 12.8 Å². The molecule has 24 heavy (non-hydrogen) atoms. The number of methoxy groups -OCH3 is 1. The zero-order valence-corrected chi connectivity index (χ0v) is 14.7. The van der Waals surface area contributed by atoms with E-state index in [1.165, 1.54) is 39.2 Å². The fourth-order valence-electron chi connectivity index (χ4n) is 3.46. The number of fused-ring (bicyclic) bond motifs is 1. The maximum absolute atomic E-state index is 14.6. The molecule has 2 saturated heterocycles. The minimum atomic E-state index is -3.73. The van der Waals surface area contributed by atoms with Gasteiger partial charge in [-0.05, 0) is 38.5 Å². The molecule has 2 atom stereocenters. The Morgan fingerprint density at radius 1 is 1.42 bits per heavy atom. The number of hydrogen-bond acceptors (Lipinski definition) is 5. The summed E-state index contributed by atoms with van der Waals surface area (Å²) in [4.78, 5) is 0. The lowest BCUT2D eigenvalue weighted by atomic mass is 9.82. The normalized spacial score (nSPS) is 31.0. The summed E-state index contributed by atoms with van der Waals surface area (Å²) in [5.74, 6) is -0.298. The van der Waals surface area contributed by atoms with Crippen molar-refractivity contribution in [3.63, 3.8) is 0 Å². The van der Waals surface area contributed by atoms with Crippen molar-refractivity contribution in [2.24, 2.45) is 0 Å². The fraction of sp³-hybridized carbons (Fsp3) is 0.562. The first-order valence-corrected chi connectivity index (χ1v) is 9.24. The van der Waals surface area contributed by atoms with Crippen LogP contribution in [-0.2, 0) is 20.1 Å². The molecular formula is C16H21FN2O4S. The third-order valence-electron chi connectivity index (χ3n) is 5.09. The van der Waals surface area contributed by atoms with E-state index in [1.807, 2.05) is 0 Å². The maximum atomic E-state index is 14.6. The van der Waals surface area contributed by atoms with E-state index in [-0.39, 0.29) is 31.0 Å². The lowest BCUT2D eigenvalue weighted by Crippen LogP contribution is -2.72. The van der Waals surface area contributed by atoms with Crippen LogP contribution in [0.4, 0.5) is 4.39 Å². The Balaban J connectivity index is 2.25. The van der Waals surface area contributed by atoms with Crippen LogP contribution in [0, 0.1) is 11.2 Å². The molecule has 3 rings (SSSR count). The fourth-order valence-corrected chi connectivity index (χ4v) is 5.70. The number of benzene rings is 1. The summed E-state index contributed by atoms with van der Waals surface area (Å²) >= 11 is 0. The van der Waals surface area contributed by atoms with Gasteiger partial charge >= 0.3 is 0 Å². The monoisotopic (exact) mass is 356 g/mol. The summed E-state index contributed by atoms with van der Waals surface area (Å²) in [5.41, 5.74) is -1.18. The first kappa shape index (κ1) is 17.2. The number of hydrogen-bond donors (Lipinski definition) is 2. The molecule has 2 aliphatic rings. The lowest BCUT2D eigenvalue weighted by molar-refractivity contribution is 0.0254. The van der Waals surface area contributed by atoms with Gasteiger partial charge in [0, 0.05) is 12.2 Å². The van der Waals surface area contributed by atoms with Crippen LogP contribution in [0.5, 0.6) is 5.75 Å². The summed E-state index contributed by atoms with van der Waals surface area (Å²) in [6, 6.07) is 4.19. The van der Waals surface area contributed by atoms with E-state index in [0.717, 1.165) is 0 Å². The second-order valence-corrected chi connectivity index (χ2v) is 9.38. The Morgan fingerprint density at radius 3 is 2.79 bits per heavy atom. The van der Waals surface area contributed by atoms with Gasteiger partial charge in [-0.15, -0.1) is 0 Å². The van der Waals surface area contributed by atoms with Crippen molar-refractivity contribution in [1.82, 2.24) is 5.32 Å². The topological polar surface area (TPSA) is 88.5 Å². The van der Waals surface area contributed by atoms with E-state index in [4.69, 9.17) is 14.9 Å². The molecule has 132 valence electrons. The van der Waals surface area contributed by atoms with Crippen LogP contribution in [0.1, 0.15) is 25.8 Å². The Bertz CT molecular complexity index is 793. The lowest BCUT2D eigenvalue weighted by Gasteiger charge is -2.52. The maximum Gasteiger partial charge on any atom is 0.168 e. The van der Waals surface area contributed by atoms with E-state index in [0.29, 0.717) is 5.75 Å². The largest absolute Gasteiger partial charge is 0.497 e. The Kier molecular flexibility index (Phi) is 3.88. The van der Waals surface area contributed by atoms with Gasteiger partial charge in [-0.1, -0.05) is 0 Å². The smallest absolute Gasteiger partial charge is 0.168 e. The summed E-state index contributed by atoms with van der Waals surface area (Å²) in [6.07, 6.45) is 0.239. The summed E-state index contributed by atoms with van der Waals surface area (Å²) < 4.78 is 50.2. The van der Waals surface area contributed by atoms with Crippen molar-refractivity contribution in [2.45, 2.75) is 35.8 Å². The van der Waals surface area contributed by atoms with Gasteiger partial charge in [0.1, 0.15) is 27.7 Å². The first-order valence-electron chi connectivity index (χ1n) is 7.69. The van der Waals surface area contributed by atoms with E-state index in [1.54, 1.807) is 0 Å². The van der Waals surface area contributed by atoms with Crippen LogP contribution in [0.15, 0.2) is 18.2 Å². The van der Waals surface area contributed by atoms with E-state index >= 15 is 0 Å². The molecule has 2 fully saturated rings.